The number of hydrogen-bond acceptors (Lipinski definition) is 6. The Labute approximate surface area is 186 Å². The van der Waals surface area contributed by atoms with E-state index in [-0.39, 0.29) is 11.5 Å². The van der Waals surface area contributed by atoms with Crippen LogP contribution in [0.4, 0.5) is 5.69 Å². The lowest BCUT2D eigenvalue weighted by molar-refractivity contribution is -0.113. The highest BCUT2D eigenvalue weighted by Gasteiger charge is 2.34. The van der Waals surface area contributed by atoms with Crippen molar-refractivity contribution >= 4 is 29.0 Å². The van der Waals surface area contributed by atoms with Crippen LogP contribution in [-0.4, -0.2) is 10.5 Å². The second kappa shape index (κ2) is 7.97. The number of hydrogen-bond donors (Lipinski definition) is 1. The predicted octanol–water partition coefficient (Wildman–Crippen LogP) is 3.37. The van der Waals surface area contributed by atoms with E-state index < -0.39 is 6.04 Å². The monoisotopic (exact) mass is 445 g/mol. The molecule has 1 N–H and O–H groups in total. The van der Waals surface area contributed by atoms with Crippen LogP contribution in [0, 0.1) is 6.92 Å². The van der Waals surface area contributed by atoms with Gasteiger partial charge in [-0.2, -0.15) is 0 Å². The van der Waals surface area contributed by atoms with Crippen molar-refractivity contribution in [2.75, 3.05) is 5.32 Å². The van der Waals surface area contributed by atoms with E-state index in [9.17, 15) is 9.59 Å². The molecule has 5 rings (SSSR count). The molecule has 1 atom stereocenters. The first kappa shape index (κ1) is 20.0. The van der Waals surface area contributed by atoms with Gasteiger partial charge in [-0.1, -0.05) is 29.5 Å². The van der Waals surface area contributed by atoms with Gasteiger partial charge in [-0.05, 0) is 50.2 Å². The molecule has 0 saturated heterocycles. The molecule has 1 aliphatic rings. The highest BCUT2D eigenvalue weighted by Crippen LogP contribution is 2.31. The van der Waals surface area contributed by atoms with Gasteiger partial charge in [0.15, 0.2) is 4.80 Å². The number of allylic oxidation sites excluding steroid dienone is 1. The Morgan fingerprint density at radius 3 is 2.62 bits per heavy atom. The molecule has 1 aromatic carbocycles. The normalized spacial score (nSPS) is 16.1. The van der Waals surface area contributed by atoms with Gasteiger partial charge in [0.25, 0.3) is 11.5 Å². The van der Waals surface area contributed by atoms with Crippen LogP contribution in [0.25, 0.3) is 6.08 Å². The third kappa shape index (κ3) is 3.54. The Kier molecular flexibility index (Phi) is 4.99. The van der Waals surface area contributed by atoms with E-state index in [4.69, 9.17) is 8.83 Å². The molecular formula is C24H19N3O4S. The van der Waals surface area contributed by atoms with Crippen molar-refractivity contribution in [3.8, 4) is 0 Å². The van der Waals surface area contributed by atoms with E-state index in [1.165, 1.54) is 15.9 Å². The molecule has 1 amide bonds. The molecule has 3 aromatic heterocycles. The van der Waals surface area contributed by atoms with Crippen LogP contribution in [0.5, 0.6) is 0 Å². The maximum absolute atomic E-state index is 13.4. The number of carbonyl (C=O) groups excluding carboxylic acids is 1. The molecule has 1 aliphatic heterocycles. The summed E-state index contributed by atoms with van der Waals surface area (Å²) in [5.74, 6) is 1.42. The van der Waals surface area contributed by atoms with E-state index in [0.717, 1.165) is 0 Å². The molecule has 4 heterocycles. The Hall–Kier alpha value is -3.91. The van der Waals surface area contributed by atoms with Crippen molar-refractivity contribution in [1.29, 1.82) is 0 Å². The van der Waals surface area contributed by atoms with Crippen LogP contribution >= 0.6 is 11.3 Å². The standard InChI is InChI=1S/C24H19N3O4S/c1-14-10-11-18(31-14)21-20(22(28)26-16-7-4-3-5-8-16)15(2)25-24-27(21)23(29)19(32-24)13-17-9-6-12-30-17/h3-13,21H,1-2H3,(H,26,28)/b19-13-/t21-/m0/s1. The largest absolute Gasteiger partial charge is 0.465 e. The molecule has 0 bridgehead atoms. The second-order valence-corrected chi connectivity index (χ2v) is 8.37. The number of furan rings is 2. The third-order valence-corrected chi connectivity index (χ3v) is 6.13. The molecule has 0 fully saturated rings. The molecule has 0 aliphatic carbocycles. The average molecular weight is 446 g/mol. The SMILES string of the molecule is CC1=C(C(=O)Nc2ccccc2)[C@H](c2ccc(C)o2)n2c(s/c(=C\c3ccco3)c2=O)=N1. The zero-order valence-electron chi connectivity index (χ0n) is 17.4. The first-order chi connectivity index (χ1) is 15.5. The molecule has 0 radical (unpaired) electrons. The first-order valence-electron chi connectivity index (χ1n) is 10.00. The Balaban J connectivity index is 1.68. The summed E-state index contributed by atoms with van der Waals surface area (Å²) in [5.41, 5.74) is 1.28. The summed E-state index contributed by atoms with van der Waals surface area (Å²) in [5, 5.41) is 2.91. The second-order valence-electron chi connectivity index (χ2n) is 7.37. The van der Waals surface area contributed by atoms with Crippen LogP contribution in [0.3, 0.4) is 0 Å². The number of amides is 1. The van der Waals surface area contributed by atoms with Crippen molar-refractivity contribution in [2.45, 2.75) is 19.9 Å². The summed E-state index contributed by atoms with van der Waals surface area (Å²) in [6, 6.07) is 15.6. The van der Waals surface area contributed by atoms with Gasteiger partial charge in [-0.3, -0.25) is 14.2 Å². The Morgan fingerprint density at radius 1 is 1.12 bits per heavy atom. The first-order valence-corrected chi connectivity index (χ1v) is 10.8. The lowest BCUT2D eigenvalue weighted by atomic mass is 10.00. The number of aromatic nitrogens is 1. The van der Waals surface area contributed by atoms with Crippen LogP contribution < -0.4 is 20.2 Å². The van der Waals surface area contributed by atoms with Gasteiger partial charge in [0.05, 0.1) is 22.1 Å². The minimum Gasteiger partial charge on any atom is -0.465 e. The van der Waals surface area contributed by atoms with E-state index in [0.29, 0.717) is 43.6 Å². The van der Waals surface area contributed by atoms with Crippen molar-refractivity contribution in [3.05, 3.63) is 109 Å². The molecule has 32 heavy (non-hydrogen) atoms. The van der Waals surface area contributed by atoms with Gasteiger partial charge < -0.3 is 14.2 Å². The number of fused-ring (bicyclic) bond motifs is 1. The number of aryl methyl sites for hydroxylation is 1. The zero-order valence-corrected chi connectivity index (χ0v) is 18.2. The Morgan fingerprint density at radius 2 is 1.94 bits per heavy atom. The summed E-state index contributed by atoms with van der Waals surface area (Å²) < 4.78 is 13.2. The quantitative estimate of drug-likeness (QED) is 0.522. The summed E-state index contributed by atoms with van der Waals surface area (Å²) in [6.45, 7) is 3.59. The van der Waals surface area contributed by atoms with Crippen LogP contribution in [0.1, 0.15) is 30.2 Å². The molecule has 8 heteroatoms. The molecule has 0 unspecified atom stereocenters. The number of nitrogens with zero attached hydrogens (tertiary/aromatic N) is 2. The average Bonchev–Trinajstić information content (AvgIpc) is 3.50. The molecule has 7 nitrogen and oxygen atoms in total. The van der Waals surface area contributed by atoms with Crippen molar-refractivity contribution in [3.63, 3.8) is 0 Å². The fraction of sp³-hybridized carbons (Fsp3) is 0.125. The van der Waals surface area contributed by atoms with Gasteiger partial charge >= 0.3 is 0 Å². The summed E-state index contributed by atoms with van der Waals surface area (Å²) in [4.78, 5) is 31.8. The molecule has 160 valence electrons. The minimum absolute atomic E-state index is 0.262. The summed E-state index contributed by atoms with van der Waals surface area (Å²) in [6.07, 6.45) is 3.23. The summed E-state index contributed by atoms with van der Waals surface area (Å²) >= 11 is 1.25. The number of carbonyl (C=O) groups is 1. The molecule has 0 spiro atoms. The number of rotatable bonds is 4. The molecule has 4 aromatic rings. The fourth-order valence-electron chi connectivity index (χ4n) is 3.70. The van der Waals surface area contributed by atoms with Crippen molar-refractivity contribution < 1.29 is 13.6 Å². The fourth-order valence-corrected chi connectivity index (χ4v) is 4.73. The topological polar surface area (TPSA) is 89.7 Å². The number of nitrogens with one attached hydrogen (secondary N) is 1. The van der Waals surface area contributed by atoms with E-state index in [2.05, 4.69) is 10.3 Å². The van der Waals surface area contributed by atoms with Crippen LogP contribution in [-0.2, 0) is 4.79 Å². The third-order valence-electron chi connectivity index (χ3n) is 5.15. The highest BCUT2D eigenvalue weighted by molar-refractivity contribution is 7.07. The Bertz CT molecular complexity index is 1510. The minimum atomic E-state index is -0.734. The van der Waals surface area contributed by atoms with Gasteiger partial charge in [-0.25, -0.2) is 4.99 Å². The molecule has 0 saturated carbocycles. The number of para-hydroxylation sites is 1. The van der Waals surface area contributed by atoms with E-state index in [1.54, 1.807) is 49.6 Å². The van der Waals surface area contributed by atoms with Crippen LogP contribution in [0.15, 0.2) is 90.8 Å². The smallest absolute Gasteiger partial charge is 0.271 e. The maximum Gasteiger partial charge on any atom is 0.271 e. The summed E-state index contributed by atoms with van der Waals surface area (Å²) in [7, 11) is 0. The van der Waals surface area contributed by atoms with Gasteiger partial charge in [0, 0.05) is 11.8 Å². The van der Waals surface area contributed by atoms with E-state index >= 15 is 0 Å². The maximum atomic E-state index is 13.4. The van der Waals surface area contributed by atoms with Crippen LogP contribution in [0.2, 0.25) is 0 Å². The van der Waals surface area contributed by atoms with E-state index in [1.807, 2.05) is 31.2 Å². The van der Waals surface area contributed by atoms with Crippen molar-refractivity contribution in [2.24, 2.45) is 4.99 Å². The number of thiazole rings is 1. The van der Waals surface area contributed by atoms with Gasteiger partial charge in [0.1, 0.15) is 23.3 Å². The lowest BCUT2D eigenvalue weighted by Crippen LogP contribution is -2.40. The number of anilines is 1. The van der Waals surface area contributed by atoms with Gasteiger partial charge in [0.2, 0.25) is 0 Å². The highest BCUT2D eigenvalue weighted by atomic mass is 32.1. The van der Waals surface area contributed by atoms with Crippen molar-refractivity contribution in [1.82, 2.24) is 4.57 Å². The predicted molar refractivity (Wildman–Crippen MR) is 121 cm³/mol. The molecular weight excluding hydrogens is 426 g/mol. The zero-order chi connectivity index (χ0) is 22.2. The number of benzene rings is 1. The van der Waals surface area contributed by atoms with Gasteiger partial charge in [-0.15, -0.1) is 0 Å². The lowest BCUT2D eigenvalue weighted by Gasteiger charge is -2.23.